The number of halogens is 4. The lowest BCUT2D eigenvalue weighted by Crippen LogP contribution is -2.45. The third-order valence-electron chi connectivity index (χ3n) is 4.72. The number of guanidine groups is 1. The Labute approximate surface area is 192 Å². The minimum Gasteiger partial charge on any atom is -0.496 e. The maximum absolute atomic E-state index is 12.5. The molecule has 1 heterocycles. The van der Waals surface area contributed by atoms with E-state index in [1.165, 1.54) is 4.90 Å². The first kappa shape index (κ1) is 26.4. The van der Waals surface area contributed by atoms with Gasteiger partial charge in [0.25, 0.3) is 0 Å². The molecule has 1 unspecified atom stereocenters. The molecule has 172 valence electrons. The fourth-order valence-corrected chi connectivity index (χ4v) is 3.37. The van der Waals surface area contributed by atoms with Crippen molar-refractivity contribution in [2.75, 3.05) is 54.6 Å². The van der Waals surface area contributed by atoms with Gasteiger partial charge in [-0.3, -0.25) is 9.89 Å². The molecule has 11 heteroatoms. The van der Waals surface area contributed by atoms with Gasteiger partial charge in [0, 0.05) is 50.4 Å². The number of rotatable bonds is 8. The van der Waals surface area contributed by atoms with E-state index in [0.717, 1.165) is 5.56 Å². The molecule has 7 nitrogen and oxygen atoms in total. The number of ether oxygens (including phenoxy) is 3. The predicted octanol–water partition coefficient (Wildman–Crippen LogP) is 2.67. The van der Waals surface area contributed by atoms with E-state index in [1.807, 2.05) is 0 Å². The van der Waals surface area contributed by atoms with Crippen LogP contribution in [0.15, 0.2) is 17.1 Å². The quantitative estimate of drug-likeness (QED) is 0.297. The topological polar surface area (TPSA) is 67.4 Å². The minimum atomic E-state index is -4.18. The van der Waals surface area contributed by atoms with Crippen LogP contribution in [0.4, 0.5) is 13.2 Å². The first-order valence-electron chi connectivity index (χ1n) is 9.34. The molecule has 1 aliphatic rings. The second-order valence-electron chi connectivity index (χ2n) is 6.74. The molecule has 1 aliphatic heterocycles. The summed E-state index contributed by atoms with van der Waals surface area (Å²) in [6, 6.07) is 3.51. The van der Waals surface area contributed by atoms with Crippen LogP contribution in [0.2, 0.25) is 0 Å². The van der Waals surface area contributed by atoms with Crippen molar-refractivity contribution in [2.24, 2.45) is 4.99 Å². The van der Waals surface area contributed by atoms with E-state index in [9.17, 15) is 13.2 Å². The predicted molar refractivity (Wildman–Crippen MR) is 121 cm³/mol. The van der Waals surface area contributed by atoms with Crippen molar-refractivity contribution in [3.63, 3.8) is 0 Å². The van der Waals surface area contributed by atoms with E-state index >= 15 is 0 Å². The van der Waals surface area contributed by atoms with E-state index < -0.39 is 12.7 Å². The molecule has 0 amide bonds. The number of nitrogens with zero attached hydrogens (tertiary/aromatic N) is 2. The summed E-state index contributed by atoms with van der Waals surface area (Å²) in [4.78, 5) is 5.57. The van der Waals surface area contributed by atoms with Gasteiger partial charge >= 0.3 is 6.18 Å². The molecule has 0 spiro atoms. The highest BCUT2D eigenvalue weighted by molar-refractivity contribution is 14.0. The maximum Gasteiger partial charge on any atom is 0.401 e. The summed E-state index contributed by atoms with van der Waals surface area (Å²) >= 11 is 0. The van der Waals surface area contributed by atoms with Gasteiger partial charge in [-0.05, 0) is 12.8 Å². The van der Waals surface area contributed by atoms with Gasteiger partial charge in [-0.25, -0.2) is 0 Å². The van der Waals surface area contributed by atoms with Gasteiger partial charge in [-0.2, -0.15) is 13.2 Å². The fraction of sp³-hybridized carbons (Fsp3) is 0.632. The van der Waals surface area contributed by atoms with Crippen LogP contribution in [0, 0.1) is 0 Å². The smallest absolute Gasteiger partial charge is 0.401 e. The zero-order valence-corrected chi connectivity index (χ0v) is 20.0. The Bertz CT molecular complexity index is 679. The van der Waals surface area contributed by atoms with Crippen molar-refractivity contribution < 1.29 is 27.4 Å². The molecule has 0 bridgehead atoms. The molecule has 1 aromatic rings. The molecule has 2 N–H and O–H groups in total. The first-order chi connectivity index (χ1) is 13.8. The molecule has 1 saturated heterocycles. The Hall–Kier alpha value is -1.63. The molecule has 0 saturated carbocycles. The maximum atomic E-state index is 12.5. The number of hydrogen-bond acceptors (Lipinski definition) is 5. The van der Waals surface area contributed by atoms with Gasteiger partial charge < -0.3 is 24.8 Å². The number of alkyl halides is 3. The summed E-state index contributed by atoms with van der Waals surface area (Å²) in [7, 11) is 6.37. The highest BCUT2D eigenvalue weighted by Gasteiger charge is 2.34. The standard InChI is InChI=1S/C19H29F3N4O3.HI/c1-23-18(25-13-6-8-26(11-13)12-19(20,21)22)24-7-5-15-16(28-3)9-14(27-2)10-17(15)29-4;/h9-10,13H,5-8,11-12H2,1-4H3,(H2,23,24,25);1H. The van der Waals surface area contributed by atoms with E-state index in [0.29, 0.717) is 55.7 Å². The van der Waals surface area contributed by atoms with Crippen molar-refractivity contribution in [2.45, 2.75) is 25.1 Å². The van der Waals surface area contributed by atoms with Crippen LogP contribution in [-0.4, -0.2) is 77.6 Å². The summed E-state index contributed by atoms with van der Waals surface area (Å²) in [5.74, 6) is 2.50. The van der Waals surface area contributed by atoms with Crippen LogP contribution in [0.3, 0.4) is 0 Å². The molecular weight excluding hydrogens is 516 g/mol. The number of benzene rings is 1. The second kappa shape index (κ2) is 12.3. The lowest BCUT2D eigenvalue weighted by atomic mass is 10.1. The highest BCUT2D eigenvalue weighted by atomic mass is 127. The third-order valence-corrected chi connectivity index (χ3v) is 4.72. The molecular formula is C19H30F3IN4O3. The molecule has 0 radical (unpaired) electrons. The van der Waals surface area contributed by atoms with Gasteiger partial charge in [-0.1, -0.05) is 0 Å². The van der Waals surface area contributed by atoms with Crippen molar-refractivity contribution >= 4 is 29.9 Å². The lowest BCUT2D eigenvalue weighted by molar-refractivity contribution is -0.143. The summed E-state index contributed by atoms with van der Waals surface area (Å²) in [5.41, 5.74) is 0.885. The SMILES string of the molecule is CN=C(NCCc1c(OC)cc(OC)cc1OC)NC1CCN(CC(F)(F)F)C1.I. The van der Waals surface area contributed by atoms with Crippen molar-refractivity contribution in [3.05, 3.63) is 17.7 Å². The normalized spacial score (nSPS) is 17.3. The van der Waals surface area contributed by atoms with Crippen molar-refractivity contribution in [3.8, 4) is 17.2 Å². The van der Waals surface area contributed by atoms with Gasteiger partial charge in [0.2, 0.25) is 0 Å². The Balaban J connectivity index is 0.00000450. The van der Waals surface area contributed by atoms with Crippen LogP contribution in [0.1, 0.15) is 12.0 Å². The lowest BCUT2D eigenvalue weighted by Gasteiger charge is -2.20. The Morgan fingerprint density at radius 3 is 2.30 bits per heavy atom. The van der Waals surface area contributed by atoms with Crippen LogP contribution >= 0.6 is 24.0 Å². The zero-order valence-electron chi connectivity index (χ0n) is 17.6. The van der Waals surface area contributed by atoms with Crippen LogP contribution < -0.4 is 24.8 Å². The molecule has 30 heavy (non-hydrogen) atoms. The monoisotopic (exact) mass is 546 g/mol. The minimum absolute atomic E-state index is 0. The van der Waals surface area contributed by atoms with Gasteiger partial charge in [0.15, 0.2) is 5.96 Å². The van der Waals surface area contributed by atoms with Crippen molar-refractivity contribution in [1.82, 2.24) is 15.5 Å². The molecule has 1 fully saturated rings. The largest absolute Gasteiger partial charge is 0.496 e. The van der Waals surface area contributed by atoms with Gasteiger partial charge in [-0.15, -0.1) is 24.0 Å². The Morgan fingerprint density at radius 1 is 1.17 bits per heavy atom. The number of nitrogens with one attached hydrogen (secondary N) is 2. The molecule has 1 atom stereocenters. The Kier molecular flexibility index (Phi) is 10.8. The van der Waals surface area contributed by atoms with Crippen LogP contribution in [0.5, 0.6) is 17.2 Å². The summed E-state index contributed by atoms with van der Waals surface area (Å²) in [5, 5.41) is 6.39. The number of methoxy groups -OCH3 is 3. The zero-order chi connectivity index (χ0) is 21.4. The Morgan fingerprint density at radius 2 is 1.80 bits per heavy atom. The van der Waals surface area contributed by atoms with E-state index in [-0.39, 0.29) is 30.0 Å². The fourth-order valence-electron chi connectivity index (χ4n) is 3.37. The average molecular weight is 546 g/mol. The van der Waals surface area contributed by atoms with Gasteiger partial charge in [0.05, 0.1) is 27.9 Å². The highest BCUT2D eigenvalue weighted by Crippen LogP contribution is 2.34. The first-order valence-corrected chi connectivity index (χ1v) is 9.34. The average Bonchev–Trinajstić information content (AvgIpc) is 3.11. The number of aliphatic imine (C=N–C) groups is 1. The number of likely N-dealkylation sites (tertiary alicyclic amines) is 1. The molecule has 0 aromatic heterocycles. The van der Waals surface area contributed by atoms with E-state index in [2.05, 4.69) is 15.6 Å². The second-order valence-corrected chi connectivity index (χ2v) is 6.74. The van der Waals surface area contributed by atoms with Gasteiger partial charge in [0.1, 0.15) is 17.2 Å². The third kappa shape index (κ3) is 7.89. The molecule has 0 aliphatic carbocycles. The van der Waals surface area contributed by atoms with E-state index in [1.54, 1.807) is 40.5 Å². The van der Waals surface area contributed by atoms with Crippen LogP contribution in [-0.2, 0) is 6.42 Å². The number of hydrogen-bond donors (Lipinski definition) is 2. The van der Waals surface area contributed by atoms with E-state index in [4.69, 9.17) is 14.2 Å². The van der Waals surface area contributed by atoms with Crippen LogP contribution in [0.25, 0.3) is 0 Å². The summed E-state index contributed by atoms with van der Waals surface area (Å²) in [6.07, 6.45) is -2.94. The molecule has 2 rings (SSSR count). The van der Waals surface area contributed by atoms with Crippen molar-refractivity contribution in [1.29, 1.82) is 0 Å². The summed E-state index contributed by atoms with van der Waals surface area (Å²) in [6.45, 7) is 0.404. The summed E-state index contributed by atoms with van der Waals surface area (Å²) < 4.78 is 53.7. The molecule has 1 aromatic carbocycles.